The monoisotopic (exact) mass is 738 g/mol. The largest absolute Gasteiger partial charge is 0.462 e. The molecule has 0 aromatic heterocycles. The van der Waals surface area contributed by atoms with Crippen LogP contribution in [-0.4, -0.2) is 99.5 Å². The number of hydrogen-bond acceptors (Lipinski definition) is 6. The van der Waals surface area contributed by atoms with Gasteiger partial charge in [-0.15, -0.1) is 0 Å². The minimum atomic E-state index is -7.32. The average Bonchev–Trinajstić information content (AvgIpc) is 2.83. The Labute approximate surface area is 244 Å². The highest BCUT2D eigenvalue weighted by Gasteiger charge is 2.77. The van der Waals surface area contributed by atoms with Crippen LogP contribution in [0.15, 0.2) is 0 Å². The van der Waals surface area contributed by atoms with E-state index in [9.17, 15) is 87.8 Å². The van der Waals surface area contributed by atoms with Crippen LogP contribution in [0.25, 0.3) is 0 Å². The van der Waals surface area contributed by atoms with Crippen LogP contribution < -0.4 is 0 Å². The van der Waals surface area contributed by atoms with Crippen molar-refractivity contribution in [2.24, 2.45) is 0 Å². The Morgan fingerprint density at radius 2 is 0.891 bits per heavy atom. The van der Waals surface area contributed by atoms with Crippen molar-refractivity contribution in [3.05, 3.63) is 0 Å². The molecule has 0 spiro atoms. The number of ether oxygens (including phenoxy) is 6. The van der Waals surface area contributed by atoms with Gasteiger partial charge in [-0.05, 0) is 27.2 Å². The van der Waals surface area contributed by atoms with Gasteiger partial charge in [0, 0.05) is 6.61 Å². The second-order valence-electron chi connectivity index (χ2n) is 9.07. The zero-order chi connectivity index (χ0) is 37.0. The van der Waals surface area contributed by atoms with Gasteiger partial charge in [0.25, 0.3) is 12.7 Å². The molecule has 0 aliphatic rings. The van der Waals surface area contributed by atoms with E-state index in [1.807, 2.05) is 0 Å². The van der Waals surface area contributed by atoms with Crippen LogP contribution in [0.1, 0.15) is 27.2 Å². The highest BCUT2D eigenvalue weighted by Crippen LogP contribution is 2.50. The molecular formula is C20H22F20O6. The molecule has 0 aliphatic heterocycles. The second kappa shape index (κ2) is 15.3. The molecule has 4 atom stereocenters. The highest BCUT2D eigenvalue weighted by molar-refractivity contribution is 4.87. The smallest absolute Gasteiger partial charge is 0.379 e. The summed E-state index contributed by atoms with van der Waals surface area (Å²) in [5.74, 6) is -14.6. The molecule has 26 heteroatoms. The first kappa shape index (κ1) is 44.4. The quantitative estimate of drug-likeness (QED) is 0.118. The zero-order valence-corrected chi connectivity index (χ0v) is 22.7. The normalized spacial score (nSPS) is 17.7. The summed E-state index contributed by atoms with van der Waals surface area (Å²) in [6.07, 6.45) is -56.3. The summed E-state index contributed by atoms with van der Waals surface area (Å²) in [6, 6.07) is 0. The van der Waals surface area contributed by atoms with Crippen LogP contribution in [0.3, 0.4) is 0 Å². The minimum Gasteiger partial charge on any atom is -0.379 e. The molecule has 278 valence electrons. The Hall–Kier alpha value is -1.64. The summed E-state index contributed by atoms with van der Waals surface area (Å²) < 4.78 is 281. The van der Waals surface area contributed by atoms with E-state index in [4.69, 9.17) is 9.47 Å². The number of alkyl halides is 20. The van der Waals surface area contributed by atoms with Gasteiger partial charge in [0.15, 0.2) is 0 Å². The molecular weight excluding hydrogens is 716 g/mol. The van der Waals surface area contributed by atoms with Gasteiger partial charge in [0.1, 0.15) is 6.10 Å². The maximum atomic E-state index is 14.1. The minimum absolute atomic E-state index is 0.171. The third-order valence-electron chi connectivity index (χ3n) is 4.80. The van der Waals surface area contributed by atoms with Crippen molar-refractivity contribution >= 4 is 0 Å². The molecule has 0 saturated heterocycles. The van der Waals surface area contributed by atoms with E-state index in [2.05, 4.69) is 18.9 Å². The van der Waals surface area contributed by atoms with E-state index in [0.717, 1.165) is 6.92 Å². The lowest BCUT2D eigenvalue weighted by molar-refractivity contribution is -0.472. The van der Waals surface area contributed by atoms with E-state index in [0.29, 0.717) is 0 Å². The molecule has 0 aliphatic carbocycles. The molecule has 0 radical (unpaired) electrons. The lowest BCUT2D eigenvalue weighted by atomic mass is 10.3. The first-order valence-corrected chi connectivity index (χ1v) is 11.7. The van der Waals surface area contributed by atoms with E-state index in [1.54, 1.807) is 0 Å². The maximum Gasteiger partial charge on any atom is 0.462 e. The van der Waals surface area contributed by atoms with Gasteiger partial charge in [0.05, 0.1) is 25.4 Å². The van der Waals surface area contributed by atoms with Gasteiger partial charge in [-0.25, -0.2) is 8.78 Å². The van der Waals surface area contributed by atoms with Crippen molar-refractivity contribution in [1.82, 2.24) is 0 Å². The second-order valence-corrected chi connectivity index (χ2v) is 9.07. The number of rotatable bonds is 20. The Bertz CT molecular complexity index is 924. The molecule has 0 bridgehead atoms. The standard InChI is InChI=1S/C20H22F20O6/c1-8(2)41-5-4-9(3)42-6-10(44-14(25,26)12(22)46-20(39,40)16(29,30)18(34,35)36)7-43-13(23,24)11(21)45-19(37,38)15(27,28)17(31,32)33/h8-12H,4-7H2,1-3H3. The summed E-state index contributed by atoms with van der Waals surface area (Å²) >= 11 is 0. The van der Waals surface area contributed by atoms with Gasteiger partial charge in [0.2, 0.25) is 0 Å². The summed E-state index contributed by atoms with van der Waals surface area (Å²) in [6.45, 7) is -0.0959. The van der Waals surface area contributed by atoms with Crippen molar-refractivity contribution in [1.29, 1.82) is 0 Å². The molecule has 46 heavy (non-hydrogen) atoms. The molecule has 6 nitrogen and oxygen atoms in total. The molecule has 0 heterocycles. The highest BCUT2D eigenvalue weighted by atomic mass is 19.4. The van der Waals surface area contributed by atoms with Gasteiger partial charge >= 0.3 is 48.6 Å². The fourth-order valence-electron chi connectivity index (χ4n) is 2.36. The van der Waals surface area contributed by atoms with Crippen LogP contribution in [0.2, 0.25) is 0 Å². The van der Waals surface area contributed by atoms with Crippen molar-refractivity contribution < 1.29 is 116 Å². The fraction of sp³-hybridized carbons (Fsp3) is 1.00. The number of hydrogen-bond donors (Lipinski definition) is 0. The van der Waals surface area contributed by atoms with E-state index in [1.165, 1.54) is 13.8 Å². The van der Waals surface area contributed by atoms with Crippen LogP contribution in [-0.2, 0) is 28.4 Å². The summed E-state index contributed by atoms with van der Waals surface area (Å²) in [5.41, 5.74) is 0. The lowest BCUT2D eigenvalue weighted by Crippen LogP contribution is -2.56. The average molecular weight is 738 g/mol. The lowest BCUT2D eigenvalue weighted by Gasteiger charge is -2.33. The summed E-state index contributed by atoms with van der Waals surface area (Å²) in [4.78, 5) is 0. The van der Waals surface area contributed by atoms with E-state index in [-0.39, 0.29) is 13.0 Å². The Balaban J connectivity index is 5.96. The van der Waals surface area contributed by atoms with Crippen molar-refractivity contribution in [2.75, 3.05) is 19.8 Å². The summed E-state index contributed by atoms with van der Waals surface area (Å²) in [5, 5.41) is 0. The zero-order valence-electron chi connectivity index (χ0n) is 22.7. The van der Waals surface area contributed by atoms with Gasteiger partial charge in [-0.2, -0.15) is 79.0 Å². The molecule has 0 saturated carbocycles. The number of halogens is 20. The fourth-order valence-corrected chi connectivity index (χ4v) is 2.36. The van der Waals surface area contributed by atoms with Crippen LogP contribution in [0, 0.1) is 0 Å². The summed E-state index contributed by atoms with van der Waals surface area (Å²) in [7, 11) is 0. The Morgan fingerprint density at radius 3 is 1.26 bits per heavy atom. The molecule has 0 amide bonds. The van der Waals surface area contributed by atoms with Crippen molar-refractivity contribution in [3.63, 3.8) is 0 Å². The maximum absolute atomic E-state index is 14.1. The molecule has 0 aromatic carbocycles. The predicted molar refractivity (Wildman–Crippen MR) is 106 cm³/mol. The van der Waals surface area contributed by atoms with E-state index < -0.39 is 92.9 Å². The van der Waals surface area contributed by atoms with Crippen LogP contribution in [0.4, 0.5) is 87.8 Å². The molecule has 4 unspecified atom stereocenters. The molecule has 0 rings (SSSR count). The van der Waals surface area contributed by atoms with Crippen molar-refractivity contribution in [3.8, 4) is 0 Å². The first-order valence-electron chi connectivity index (χ1n) is 11.7. The third-order valence-corrected chi connectivity index (χ3v) is 4.80. The van der Waals surface area contributed by atoms with Crippen LogP contribution in [0.5, 0.6) is 0 Å². The van der Waals surface area contributed by atoms with Gasteiger partial charge in [-0.3, -0.25) is 9.47 Å². The molecule has 0 fully saturated rings. The topological polar surface area (TPSA) is 55.4 Å². The SMILES string of the molecule is CC(C)OCCC(C)OCC(COC(F)(F)C(F)OC(F)(F)C(F)(F)C(F)(F)F)OC(F)(F)C(F)OC(F)(F)C(F)(F)C(F)(F)F. The van der Waals surface area contributed by atoms with Gasteiger partial charge < -0.3 is 18.9 Å². The Kier molecular flexibility index (Phi) is 14.7. The Morgan fingerprint density at radius 1 is 0.500 bits per heavy atom. The first-order chi connectivity index (χ1) is 20.1. The third kappa shape index (κ3) is 11.8. The predicted octanol–water partition coefficient (Wildman–Crippen LogP) is 8.00. The molecule has 0 N–H and O–H groups in total. The molecule has 0 aromatic rings. The van der Waals surface area contributed by atoms with E-state index >= 15 is 0 Å². The van der Waals surface area contributed by atoms with Gasteiger partial charge in [-0.1, -0.05) is 0 Å². The van der Waals surface area contributed by atoms with Crippen LogP contribution >= 0.6 is 0 Å². The van der Waals surface area contributed by atoms with Crippen molar-refractivity contribution in [2.45, 2.75) is 107 Å².